The fraction of sp³-hybridized carbons (Fsp3) is 0. The van der Waals surface area contributed by atoms with Crippen molar-refractivity contribution in [2.45, 2.75) is 0 Å². The third kappa shape index (κ3) is 2.03. The van der Waals surface area contributed by atoms with Crippen molar-refractivity contribution in [1.29, 1.82) is 0 Å². The van der Waals surface area contributed by atoms with E-state index >= 15 is 0 Å². The van der Waals surface area contributed by atoms with Gasteiger partial charge < -0.3 is 0 Å². The number of rotatable bonds is 1. The van der Waals surface area contributed by atoms with Gasteiger partial charge in [0.1, 0.15) is 0 Å². The number of pyridine rings is 1. The Morgan fingerprint density at radius 2 is 1.21 bits per heavy atom. The Labute approximate surface area is 107 Å². The predicted molar refractivity (Wildman–Crippen MR) is 54.4 cm³/mol. The van der Waals surface area contributed by atoms with Crippen LogP contribution in [0, 0.1) is 34.9 Å². The number of nitrogens with zero attached hydrogens (tertiary/aromatic N) is 1. The molecule has 0 radical (unpaired) electrons. The first-order valence-corrected chi connectivity index (χ1v) is 5.05. The maximum Gasteiger partial charge on any atom is 0.200 e. The van der Waals surface area contributed by atoms with Crippen molar-refractivity contribution in [3.63, 3.8) is 0 Å². The molecule has 2 rings (SSSR count). The molecule has 0 aliphatic rings. The molecule has 0 fully saturated rings. The second-order valence-corrected chi connectivity index (χ2v) is 3.77. The second kappa shape index (κ2) is 4.73. The molecule has 19 heavy (non-hydrogen) atoms. The van der Waals surface area contributed by atoms with Crippen LogP contribution in [0.15, 0.2) is 12.3 Å². The molecule has 0 amide bonds. The lowest BCUT2D eigenvalue weighted by atomic mass is 10.0. The minimum atomic E-state index is -2.32. The summed E-state index contributed by atoms with van der Waals surface area (Å²) in [5.41, 5.74) is -2.26. The predicted octanol–water partition coefficient (Wildman–Crippen LogP) is 4.24. The van der Waals surface area contributed by atoms with Gasteiger partial charge in [0.15, 0.2) is 34.2 Å². The van der Waals surface area contributed by atoms with Crippen LogP contribution in [-0.4, -0.2) is 4.98 Å². The van der Waals surface area contributed by atoms with Gasteiger partial charge in [-0.25, -0.2) is 31.3 Å². The zero-order valence-electron chi connectivity index (χ0n) is 8.75. The summed E-state index contributed by atoms with van der Waals surface area (Å²) < 4.78 is 79.3. The molecule has 1 aromatic heterocycles. The molecule has 0 aliphatic carbocycles. The molecule has 100 valence electrons. The van der Waals surface area contributed by atoms with Gasteiger partial charge in [0.25, 0.3) is 0 Å². The minimum absolute atomic E-state index is 0.749. The van der Waals surface area contributed by atoms with Gasteiger partial charge in [-0.3, -0.25) is 0 Å². The average molecular weight is 298 g/mol. The number of aromatic nitrogens is 1. The Morgan fingerprint density at radius 3 is 1.74 bits per heavy atom. The number of hydrogen-bond donors (Lipinski definition) is 0. The highest BCUT2D eigenvalue weighted by Crippen LogP contribution is 2.34. The Balaban J connectivity index is 2.87. The zero-order valence-corrected chi connectivity index (χ0v) is 9.50. The van der Waals surface area contributed by atoms with Crippen molar-refractivity contribution < 1.29 is 26.3 Å². The summed E-state index contributed by atoms with van der Waals surface area (Å²) >= 11 is 5.29. The second-order valence-electron chi connectivity index (χ2n) is 3.41. The van der Waals surface area contributed by atoms with Crippen LogP contribution in [0.1, 0.15) is 0 Å². The molecule has 0 atom stereocenters. The third-order valence-electron chi connectivity index (χ3n) is 2.33. The fourth-order valence-corrected chi connectivity index (χ4v) is 1.61. The quantitative estimate of drug-likeness (QED) is 0.332. The summed E-state index contributed by atoms with van der Waals surface area (Å²) in [6.45, 7) is 0. The van der Waals surface area contributed by atoms with Gasteiger partial charge in [0, 0.05) is 11.8 Å². The Kier molecular flexibility index (Phi) is 3.40. The maximum atomic E-state index is 13.5. The summed E-state index contributed by atoms with van der Waals surface area (Å²) in [7, 11) is 0. The van der Waals surface area contributed by atoms with Crippen LogP contribution in [0.5, 0.6) is 0 Å². The summed E-state index contributed by atoms with van der Waals surface area (Å²) in [6.07, 6.45) is 0.874. The first-order valence-electron chi connectivity index (χ1n) is 4.68. The van der Waals surface area contributed by atoms with E-state index < -0.39 is 51.2 Å². The van der Waals surface area contributed by atoms with E-state index in [9.17, 15) is 26.3 Å². The van der Waals surface area contributed by atoms with E-state index in [2.05, 4.69) is 4.98 Å². The van der Waals surface area contributed by atoms with E-state index in [1.807, 2.05) is 0 Å². The van der Waals surface area contributed by atoms with Crippen molar-refractivity contribution in [3.8, 4) is 11.1 Å². The molecule has 0 aliphatic heterocycles. The van der Waals surface area contributed by atoms with Crippen molar-refractivity contribution >= 4 is 11.6 Å². The highest BCUT2D eigenvalue weighted by molar-refractivity contribution is 6.29. The molecule has 1 nitrogen and oxygen atoms in total. The number of benzene rings is 1. The summed E-state index contributed by atoms with van der Waals surface area (Å²) in [5.74, 6) is -12.3. The van der Waals surface area contributed by atoms with Crippen molar-refractivity contribution in [2.24, 2.45) is 0 Å². The van der Waals surface area contributed by atoms with Crippen LogP contribution in [0.2, 0.25) is 5.15 Å². The Morgan fingerprint density at radius 1 is 0.737 bits per heavy atom. The molecule has 0 bridgehead atoms. The topological polar surface area (TPSA) is 12.9 Å². The zero-order chi connectivity index (χ0) is 14.3. The van der Waals surface area contributed by atoms with Gasteiger partial charge >= 0.3 is 0 Å². The van der Waals surface area contributed by atoms with Crippen LogP contribution in [0.3, 0.4) is 0 Å². The standard InChI is InChI=1S/C11H2ClF6N/c12-11-5(13)3(1-2-19-11)4-6(14)8(16)10(18)9(17)7(4)15/h1-2H. The van der Waals surface area contributed by atoms with Crippen molar-refractivity contribution in [1.82, 2.24) is 4.98 Å². The minimum Gasteiger partial charge on any atom is -0.242 e. The van der Waals surface area contributed by atoms with Crippen LogP contribution in [0.4, 0.5) is 26.3 Å². The highest BCUT2D eigenvalue weighted by atomic mass is 35.5. The first kappa shape index (κ1) is 13.7. The Bertz CT molecular complexity index is 644. The van der Waals surface area contributed by atoms with E-state index in [-0.39, 0.29) is 0 Å². The van der Waals surface area contributed by atoms with Crippen LogP contribution < -0.4 is 0 Å². The van der Waals surface area contributed by atoms with E-state index in [1.165, 1.54) is 0 Å². The molecular formula is C11H2ClF6N. The average Bonchev–Trinajstić information content (AvgIpc) is 2.39. The smallest absolute Gasteiger partial charge is 0.200 e. The van der Waals surface area contributed by atoms with E-state index in [0.717, 1.165) is 12.3 Å². The number of hydrogen-bond acceptors (Lipinski definition) is 1. The fourth-order valence-electron chi connectivity index (χ4n) is 1.45. The van der Waals surface area contributed by atoms with Gasteiger partial charge in [-0.15, -0.1) is 0 Å². The molecular weight excluding hydrogens is 296 g/mol. The maximum absolute atomic E-state index is 13.5. The van der Waals surface area contributed by atoms with Crippen molar-refractivity contribution in [2.75, 3.05) is 0 Å². The van der Waals surface area contributed by atoms with Crippen LogP contribution in [0.25, 0.3) is 11.1 Å². The molecule has 1 heterocycles. The molecule has 0 saturated carbocycles. The molecule has 0 unspecified atom stereocenters. The molecule has 2 aromatic rings. The highest BCUT2D eigenvalue weighted by Gasteiger charge is 2.28. The van der Waals surface area contributed by atoms with Crippen LogP contribution in [-0.2, 0) is 0 Å². The summed E-state index contributed by atoms with van der Waals surface area (Å²) in [5, 5.41) is -0.749. The van der Waals surface area contributed by atoms with Crippen molar-refractivity contribution in [3.05, 3.63) is 52.3 Å². The normalized spacial score (nSPS) is 10.9. The van der Waals surface area contributed by atoms with Gasteiger partial charge in [0.05, 0.1) is 5.56 Å². The molecule has 0 saturated heterocycles. The van der Waals surface area contributed by atoms with Gasteiger partial charge in [-0.1, -0.05) is 11.6 Å². The van der Waals surface area contributed by atoms with E-state index in [0.29, 0.717) is 0 Å². The lowest BCUT2D eigenvalue weighted by molar-refractivity contribution is 0.381. The van der Waals surface area contributed by atoms with Gasteiger partial charge in [-0.2, -0.15) is 0 Å². The third-order valence-corrected chi connectivity index (χ3v) is 2.59. The largest absolute Gasteiger partial charge is 0.242 e. The lowest BCUT2D eigenvalue weighted by Crippen LogP contribution is -2.05. The summed E-state index contributed by atoms with van der Waals surface area (Å²) in [4.78, 5) is 3.27. The number of halogens is 7. The molecule has 0 spiro atoms. The SMILES string of the molecule is Fc1c(-c2c(F)c(F)c(F)c(F)c2F)ccnc1Cl. The molecule has 8 heteroatoms. The Hall–Kier alpha value is -1.76. The first-order chi connectivity index (χ1) is 8.86. The van der Waals surface area contributed by atoms with Crippen LogP contribution >= 0.6 is 11.6 Å². The van der Waals surface area contributed by atoms with Gasteiger partial charge in [-0.05, 0) is 6.07 Å². The molecule has 1 aromatic carbocycles. The summed E-state index contributed by atoms with van der Waals surface area (Å²) in [6, 6.07) is 0.749. The lowest BCUT2D eigenvalue weighted by Gasteiger charge is -2.09. The van der Waals surface area contributed by atoms with E-state index in [4.69, 9.17) is 11.6 Å². The molecule has 0 N–H and O–H groups in total. The van der Waals surface area contributed by atoms with E-state index in [1.54, 1.807) is 0 Å². The monoisotopic (exact) mass is 297 g/mol. The van der Waals surface area contributed by atoms with Gasteiger partial charge in [0.2, 0.25) is 5.82 Å².